The van der Waals surface area contributed by atoms with Crippen LogP contribution in [-0.4, -0.2) is 25.7 Å². The second kappa shape index (κ2) is 7.81. The molecular formula is C20H23ClN2O2. The number of nitrogens with two attached hydrogens (primary N) is 1. The highest BCUT2D eigenvalue weighted by atomic mass is 35.5. The maximum atomic E-state index is 6.24. The summed E-state index contributed by atoms with van der Waals surface area (Å²) in [5.74, 6) is 1.55. The van der Waals surface area contributed by atoms with E-state index in [9.17, 15) is 0 Å². The molecule has 0 radical (unpaired) electrons. The Morgan fingerprint density at radius 2 is 1.76 bits per heavy atom. The van der Waals surface area contributed by atoms with E-state index in [0.717, 1.165) is 57.9 Å². The van der Waals surface area contributed by atoms with E-state index in [1.807, 2.05) is 36.4 Å². The molecule has 132 valence electrons. The number of hydrogen-bond donors (Lipinski definition) is 2. The number of H-pyrrole nitrogens is 1. The lowest BCUT2D eigenvalue weighted by atomic mass is 9.99. The van der Waals surface area contributed by atoms with Crippen molar-refractivity contribution in [1.29, 1.82) is 0 Å². The number of fused-ring (bicyclic) bond motifs is 1. The number of benzene rings is 2. The minimum atomic E-state index is 0.691. The Labute approximate surface area is 152 Å². The molecule has 3 N–H and O–H groups in total. The lowest BCUT2D eigenvalue weighted by Gasteiger charge is -2.14. The largest absolute Gasteiger partial charge is 0.496 e. The third-order valence-corrected chi connectivity index (χ3v) is 4.66. The van der Waals surface area contributed by atoms with Gasteiger partial charge in [0.05, 0.1) is 25.5 Å². The molecule has 0 spiro atoms. The fraction of sp³-hybridized carbons (Fsp3) is 0.300. The summed E-state index contributed by atoms with van der Waals surface area (Å²) in [7, 11) is 3.35. The molecular weight excluding hydrogens is 336 g/mol. The molecule has 0 atom stereocenters. The first kappa shape index (κ1) is 17.6. The summed E-state index contributed by atoms with van der Waals surface area (Å²) in [6, 6.07) is 11.7. The van der Waals surface area contributed by atoms with Crippen LogP contribution >= 0.6 is 11.6 Å². The van der Waals surface area contributed by atoms with E-state index in [1.54, 1.807) is 14.2 Å². The van der Waals surface area contributed by atoms with Gasteiger partial charge in [-0.3, -0.25) is 0 Å². The van der Waals surface area contributed by atoms with Crippen LogP contribution in [0.3, 0.4) is 0 Å². The summed E-state index contributed by atoms with van der Waals surface area (Å²) in [4.78, 5) is 3.53. The molecule has 4 nitrogen and oxygen atoms in total. The number of halogens is 1. The van der Waals surface area contributed by atoms with Crippen LogP contribution in [0.1, 0.15) is 18.4 Å². The number of aromatic amines is 1. The summed E-state index contributed by atoms with van der Waals surface area (Å²) in [6.07, 6.45) is 2.91. The Kier molecular flexibility index (Phi) is 5.51. The molecule has 0 aliphatic heterocycles. The van der Waals surface area contributed by atoms with Gasteiger partial charge in [-0.2, -0.15) is 0 Å². The average Bonchev–Trinajstić information content (AvgIpc) is 2.98. The fourth-order valence-corrected chi connectivity index (χ4v) is 3.41. The van der Waals surface area contributed by atoms with Gasteiger partial charge in [-0.15, -0.1) is 0 Å². The zero-order chi connectivity index (χ0) is 17.8. The van der Waals surface area contributed by atoms with Gasteiger partial charge in [0.25, 0.3) is 0 Å². The standard InChI is InChI=1S/C20H23ClN2O2/c1-24-17-7-5-8-18(25-2)19(17)20-14(6-3-4-11-22)15-12-13(21)9-10-16(15)23-20/h5,7-10,12,23H,3-4,6,11,22H2,1-2H3. The van der Waals surface area contributed by atoms with E-state index in [2.05, 4.69) is 4.98 Å². The molecule has 3 rings (SSSR count). The van der Waals surface area contributed by atoms with Crippen molar-refractivity contribution in [3.05, 3.63) is 47.0 Å². The van der Waals surface area contributed by atoms with Crippen LogP contribution in [0.2, 0.25) is 5.02 Å². The first-order valence-corrected chi connectivity index (χ1v) is 8.79. The minimum Gasteiger partial charge on any atom is -0.496 e. The van der Waals surface area contributed by atoms with Gasteiger partial charge in [0.2, 0.25) is 0 Å². The highest BCUT2D eigenvalue weighted by Crippen LogP contribution is 2.42. The van der Waals surface area contributed by atoms with Crippen molar-refractivity contribution in [3.63, 3.8) is 0 Å². The van der Waals surface area contributed by atoms with Gasteiger partial charge in [-0.25, -0.2) is 0 Å². The van der Waals surface area contributed by atoms with Crippen molar-refractivity contribution in [2.24, 2.45) is 5.73 Å². The molecule has 1 aromatic heterocycles. The van der Waals surface area contributed by atoms with Crippen LogP contribution in [0.4, 0.5) is 0 Å². The molecule has 0 fully saturated rings. The van der Waals surface area contributed by atoms with Crippen molar-refractivity contribution >= 4 is 22.5 Å². The molecule has 0 saturated carbocycles. The van der Waals surface area contributed by atoms with Gasteiger partial charge >= 0.3 is 0 Å². The second-order valence-electron chi connectivity index (χ2n) is 5.95. The summed E-state index contributed by atoms with van der Waals surface area (Å²) < 4.78 is 11.2. The van der Waals surface area contributed by atoms with Crippen molar-refractivity contribution in [1.82, 2.24) is 4.98 Å². The molecule has 3 aromatic rings. The molecule has 0 unspecified atom stereocenters. The minimum absolute atomic E-state index is 0.691. The van der Waals surface area contributed by atoms with Crippen molar-refractivity contribution in [2.45, 2.75) is 19.3 Å². The SMILES string of the molecule is COc1cccc(OC)c1-c1[nH]c2ccc(Cl)cc2c1CCCCN. The van der Waals surface area contributed by atoms with E-state index in [1.165, 1.54) is 5.56 Å². The molecule has 0 amide bonds. The Morgan fingerprint density at radius 1 is 1.04 bits per heavy atom. The van der Waals surface area contributed by atoms with E-state index in [-0.39, 0.29) is 0 Å². The number of hydrogen-bond acceptors (Lipinski definition) is 3. The van der Waals surface area contributed by atoms with E-state index in [4.69, 9.17) is 26.8 Å². The Hall–Kier alpha value is -2.17. The average molecular weight is 359 g/mol. The molecule has 0 saturated heterocycles. The number of aryl methyl sites for hydroxylation is 1. The van der Waals surface area contributed by atoms with Crippen LogP contribution in [-0.2, 0) is 6.42 Å². The fourth-order valence-electron chi connectivity index (χ4n) is 3.24. The molecule has 0 aliphatic rings. The Morgan fingerprint density at radius 3 is 2.40 bits per heavy atom. The van der Waals surface area contributed by atoms with Crippen molar-refractivity contribution in [3.8, 4) is 22.8 Å². The van der Waals surface area contributed by atoms with E-state index >= 15 is 0 Å². The van der Waals surface area contributed by atoms with Crippen molar-refractivity contribution < 1.29 is 9.47 Å². The molecule has 1 heterocycles. The van der Waals surface area contributed by atoms with Gasteiger partial charge in [-0.1, -0.05) is 17.7 Å². The van der Waals surface area contributed by atoms with Crippen molar-refractivity contribution in [2.75, 3.05) is 20.8 Å². The maximum Gasteiger partial charge on any atom is 0.131 e. The van der Waals surface area contributed by atoms with E-state index in [0.29, 0.717) is 6.54 Å². The molecule has 0 aliphatic carbocycles. The number of unbranched alkanes of at least 4 members (excludes halogenated alkanes) is 1. The Bertz CT molecular complexity index is 851. The molecule has 0 bridgehead atoms. The number of methoxy groups -OCH3 is 2. The number of ether oxygens (including phenoxy) is 2. The van der Waals surface area contributed by atoms with Crippen LogP contribution in [0, 0.1) is 0 Å². The normalized spacial score (nSPS) is 11.0. The lowest BCUT2D eigenvalue weighted by Crippen LogP contribution is -2.00. The number of aromatic nitrogens is 1. The zero-order valence-corrected chi connectivity index (χ0v) is 15.3. The summed E-state index contributed by atoms with van der Waals surface area (Å²) >= 11 is 6.24. The summed E-state index contributed by atoms with van der Waals surface area (Å²) in [5.41, 5.74) is 9.89. The van der Waals surface area contributed by atoms with Crippen LogP contribution in [0.5, 0.6) is 11.5 Å². The highest BCUT2D eigenvalue weighted by Gasteiger charge is 2.20. The summed E-state index contributed by atoms with van der Waals surface area (Å²) in [5, 5.41) is 1.86. The smallest absolute Gasteiger partial charge is 0.131 e. The molecule has 2 aromatic carbocycles. The van der Waals surface area contributed by atoms with Gasteiger partial charge < -0.3 is 20.2 Å². The van der Waals surface area contributed by atoms with Gasteiger partial charge in [0.15, 0.2) is 0 Å². The van der Waals surface area contributed by atoms with E-state index < -0.39 is 0 Å². The lowest BCUT2D eigenvalue weighted by molar-refractivity contribution is 0.397. The van der Waals surface area contributed by atoms with Crippen LogP contribution in [0.25, 0.3) is 22.2 Å². The third-order valence-electron chi connectivity index (χ3n) is 4.43. The molecule has 25 heavy (non-hydrogen) atoms. The predicted molar refractivity (Wildman–Crippen MR) is 104 cm³/mol. The quantitative estimate of drug-likeness (QED) is 0.597. The summed E-state index contributed by atoms with van der Waals surface area (Å²) in [6.45, 7) is 0.691. The topological polar surface area (TPSA) is 60.3 Å². The Balaban J connectivity index is 2.23. The van der Waals surface area contributed by atoms with Crippen LogP contribution < -0.4 is 15.2 Å². The van der Waals surface area contributed by atoms with Gasteiger partial charge in [0.1, 0.15) is 11.5 Å². The first-order valence-electron chi connectivity index (χ1n) is 8.41. The third kappa shape index (κ3) is 3.46. The first-order chi connectivity index (χ1) is 12.2. The highest BCUT2D eigenvalue weighted by molar-refractivity contribution is 6.31. The predicted octanol–water partition coefficient (Wildman–Crippen LogP) is 4.79. The van der Waals surface area contributed by atoms with Gasteiger partial charge in [-0.05, 0) is 61.7 Å². The monoisotopic (exact) mass is 358 g/mol. The molecule has 5 heteroatoms. The zero-order valence-electron chi connectivity index (χ0n) is 14.6. The van der Waals surface area contributed by atoms with Crippen LogP contribution in [0.15, 0.2) is 36.4 Å². The maximum absolute atomic E-state index is 6.24. The second-order valence-corrected chi connectivity index (χ2v) is 6.39. The number of nitrogens with one attached hydrogen (secondary N) is 1. The van der Waals surface area contributed by atoms with Gasteiger partial charge in [0, 0.05) is 15.9 Å². The number of rotatable bonds is 7.